The first-order chi connectivity index (χ1) is 17.1. The molecule has 1 saturated heterocycles. The number of carbonyl (C=O) groups is 1. The van der Waals surface area contributed by atoms with Crippen molar-refractivity contribution in [2.45, 2.75) is 34.6 Å². The third-order valence-corrected chi connectivity index (χ3v) is 9.03. The maximum absolute atomic E-state index is 12.7. The standard InChI is InChI=1S/C23H26ClN7O3S2/c1-23(14-25)7-10-31(11-8-23)18-13-28-22(20(26)29-18)35-17-6-2-5-16(19(17)24)21(32)30-36(33,34)15-4-3-9-27-12-15/h2-6,9,12-13H,7-8,10-11,14,25H2,1H3,(H2,26,29)(H,30,32). The molecule has 1 aliphatic heterocycles. The Morgan fingerprint density at radius 2 is 1.97 bits per heavy atom. The summed E-state index contributed by atoms with van der Waals surface area (Å²) in [6.07, 6.45) is 6.17. The molecule has 0 aliphatic carbocycles. The van der Waals surface area contributed by atoms with Crippen LogP contribution in [0.1, 0.15) is 30.1 Å². The zero-order valence-corrected chi connectivity index (χ0v) is 21.9. The highest BCUT2D eigenvalue weighted by molar-refractivity contribution is 7.99. The summed E-state index contributed by atoms with van der Waals surface area (Å²) < 4.78 is 27.0. The van der Waals surface area contributed by atoms with Crippen molar-refractivity contribution >= 4 is 50.9 Å². The SMILES string of the molecule is CC1(CN)CCN(c2cnc(Sc3cccc(C(=O)NS(=O)(=O)c4cccnc4)c3Cl)c(N)n2)CC1. The first-order valence-electron chi connectivity index (χ1n) is 11.1. The van der Waals surface area contributed by atoms with Gasteiger partial charge in [0.1, 0.15) is 15.7 Å². The topological polar surface area (TPSA) is 157 Å². The molecule has 5 N–H and O–H groups in total. The fraction of sp³-hybridized carbons (Fsp3) is 0.304. The number of anilines is 2. The summed E-state index contributed by atoms with van der Waals surface area (Å²) >= 11 is 7.62. The average molecular weight is 548 g/mol. The van der Waals surface area contributed by atoms with Gasteiger partial charge in [0.05, 0.1) is 16.8 Å². The van der Waals surface area contributed by atoms with Gasteiger partial charge in [-0.05, 0) is 49.1 Å². The third kappa shape index (κ3) is 5.72. The van der Waals surface area contributed by atoms with E-state index in [0.717, 1.165) is 43.9 Å². The Morgan fingerprint density at radius 1 is 1.22 bits per heavy atom. The Labute approximate surface area is 218 Å². The van der Waals surface area contributed by atoms with Gasteiger partial charge in [0.15, 0.2) is 5.82 Å². The van der Waals surface area contributed by atoms with Crippen LogP contribution in [0.25, 0.3) is 0 Å². The van der Waals surface area contributed by atoms with Gasteiger partial charge >= 0.3 is 0 Å². The van der Waals surface area contributed by atoms with Crippen molar-refractivity contribution in [1.82, 2.24) is 19.7 Å². The predicted molar refractivity (Wildman–Crippen MR) is 140 cm³/mol. The van der Waals surface area contributed by atoms with Gasteiger partial charge in [-0.1, -0.05) is 36.4 Å². The molecule has 1 aliphatic rings. The lowest BCUT2D eigenvalue weighted by atomic mass is 9.80. The minimum atomic E-state index is -4.11. The molecule has 0 bridgehead atoms. The van der Waals surface area contributed by atoms with E-state index in [-0.39, 0.29) is 26.7 Å². The Bertz CT molecular complexity index is 1370. The van der Waals surface area contributed by atoms with E-state index >= 15 is 0 Å². The normalized spacial score (nSPS) is 15.5. The van der Waals surface area contributed by atoms with Gasteiger partial charge in [0, 0.05) is 30.4 Å². The molecule has 36 heavy (non-hydrogen) atoms. The van der Waals surface area contributed by atoms with Gasteiger partial charge in [-0.2, -0.15) is 0 Å². The number of nitrogens with zero attached hydrogens (tertiary/aromatic N) is 4. The number of piperidine rings is 1. The number of carbonyl (C=O) groups excluding carboxylic acids is 1. The Morgan fingerprint density at radius 3 is 2.61 bits per heavy atom. The third-order valence-electron chi connectivity index (χ3n) is 6.13. The van der Waals surface area contributed by atoms with E-state index in [9.17, 15) is 13.2 Å². The number of rotatable bonds is 7. The van der Waals surface area contributed by atoms with E-state index in [1.165, 1.54) is 24.4 Å². The monoisotopic (exact) mass is 547 g/mol. The largest absolute Gasteiger partial charge is 0.381 e. The van der Waals surface area contributed by atoms with Crippen molar-refractivity contribution in [2.24, 2.45) is 11.1 Å². The molecule has 0 saturated carbocycles. The lowest BCUT2D eigenvalue weighted by Crippen LogP contribution is -2.42. The summed E-state index contributed by atoms with van der Waals surface area (Å²) in [5, 5.41) is 0.494. The second-order valence-corrected chi connectivity index (χ2v) is 11.9. The number of halogens is 1. The molecule has 1 aromatic carbocycles. The van der Waals surface area contributed by atoms with Crippen molar-refractivity contribution in [3.63, 3.8) is 0 Å². The van der Waals surface area contributed by atoms with Crippen molar-refractivity contribution in [3.05, 3.63) is 59.5 Å². The van der Waals surface area contributed by atoms with Gasteiger partial charge in [0.25, 0.3) is 15.9 Å². The van der Waals surface area contributed by atoms with Crippen LogP contribution in [0.3, 0.4) is 0 Å². The van der Waals surface area contributed by atoms with E-state index < -0.39 is 15.9 Å². The molecule has 190 valence electrons. The van der Waals surface area contributed by atoms with Crippen molar-refractivity contribution in [3.8, 4) is 0 Å². The number of hydrogen-bond acceptors (Lipinski definition) is 10. The van der Waals surface area contributed by atoms with E-state index in [2.05, 4.69) is 26.8 Å². The maximum atomic E-state index is 12.7. The average Bonchev–Trinajstić information content (AvgIpc) is 2.87. The van der Waals surface area contributed by atoms with E-state index in [1.807, 2.05) is 4.72 Å². The number of benzene rings is 1. The summed E-state index contributed by atoms with van der Waals surface area (Å²) in [5.41, 5.74) is 12.2. The second kappa shape index (κ2) is 10.6. The van der Waals surface area contributed by atoms with Crippen LogP contribution in [-0.2, 0) is 10.0 Å². The van der Waals surface area contributed by atoms with Crippen LogP contribution in [0.2, 0.25) is 5.02 Å². The molecule has 3 heterocycles. The minimum Gasteiger partial charge on any atom is -0.381 e. The summed E-state index contributed by atoms with van der Waals surface area (Å²) in [6, 6.07) is 7.52. The highest BCUT2D eigenvalue weighted by Gasteiger charge is 2.29. The van der Waals surface area contributed by atoms with Gasteiger partial charge in [-0.25, -0.2) is 23.1 Å². The summed E-state index contributed by atoms with van der Waals surface area (Å²) in [6.45, 7) is 4.48. The van der Waals surface area contributed by atoms with Crippen LogP contribution in [-0.4, -0.2) is 48.9 Å². The fourth-order valence-electron chi connectivity index (χ4n) is 3.70. The first-order valence-corrected chi connectivity index (χ1v) is 13.8. The number of nitrogens with two attached hydrogens (primary N) is 2. The zero-order valence-electron chi connectivity index (χ0n) is 19.5. The fourth-order valence-corrected chi connectivity index (χ4v) is 5.77. The Balaban J connectivity index is 1.49. The molecule has 0 atom stereocenters. The molecular formula is C23H26ClN7O3S2. The van der Waals surface area contributed by atoms with Crippen LogP contribution in [0, 0.1) is 5.41 Å². The number of sulfonamides is 1. The van der Waals surface area contributed by atoms with E-state index in [4.69, 9.17) is 23.1 Å². The smallest absolute Gasteiger partial charge is 0.266 e. The molecule has 1 amide bonds. The van der Waals surface area contributed by atoms with Crippen LogP contribution in [0.4, 0.5) is 11.6 Å². The molecule has 3 aromatic rings. The summed E-state index contributed by atoms with van der Waals surface area (Å²) in [5.74, 6) is 0.0563. The molecule has 0 spiro atoms. The van der Waals surface area contributed by atoms with Crippen LogP contribution in [0.5, 0.6) is 0 Å². The lowest BCUT2D eigenvalue weighted by molar-refractivity contribution is 0.0981. The van der Waals surface area contributed by atoms with Crippen molar-refractivity contribution in [2.75, 3.05) is 30.3 Å². The Hall–Kier alpha value is -2.93. The second-order valence-electron chi connectivity index (χ2n) is 8.76. The number of pyridine rings is 1. The number of nitrogens with one attached hydrogen (secondary N) is 1. The van der Waals surface area contributed by atoms with Crippen LogP contribution in [0.15, 0.2) is 63.7 Å². The minimum absolute atomic E-state index is 0.00597. The van der Waals surface area contributed by atoms with Gasteiger partial charge in [-0.3, -0.25) is 9.78 Å². The van der Waals surface area contributed by atoms with Crippen LogP contribution < -0.4 is 21.1 Å². The molecule has 10 nitrogen and oxygen atoms in total. The highest BCUT2D eigenvalue weighted by Crippen LogP contribution is 2.37. The summed E-state index contributed by atoms with van der Waals surface area (Å²) in [4.78, 5) is 28.0. The van der Waals surface area contributed by atoms with Gasteiger partial charge in [-0.15, -0.1) is 0 Å². The van der Waals surface area contributed by atoms with E-state index in [1.54, 1.807) is 18.3 Å². The number of aromatic nitrogens is 3. The lowest BCUT2D eigenvalue weighted by Gasteiger charge is -2.39. The van der Waals surface area contributed by atoms with Crippen molar-refractivity contribution in [1.29, 1.82) is 0 Å². The molecular weight excluding hydrogens is 522 g/mol. The molecule has 1 fully saturated rings. The maximum Gasteiger partial charge on any atom is 0.266 e. The molecule has 4 rings (SSSR count). The van der Waals surface area contributed by atoms with Crippen LogP contribution >= 0.6 is 23.4 Å². The molecule has 2 aromatic heterocycles. The quantitative estimate of drug-likeness (QED) is 0.401. The molecule has 13 heteroatoms. The Kier molecular flexibility index (Phi) is 7.69. The number of nitrogen functional groups attached to an aromatic ring is 1. The molecule has 0 unspecified atom stereocenters. The first kappa shape index (κ1) is 26.1. The number of amides is 1. The predicted octanol–water partition coefficient (Wildman–Crippen LogP) is 2.94. The highest BCUT2D eigenvalue weighted by atomic mass is 35.5. The summed E-state index contributed by atoms with van der Waals surface area (Å²) in [7, 11) is -4.11. The van der Waals surface area contributed by atoms with E-state index in [0.29, 0.717) is 22.3 Å². The van der Waals surface area contributed by atoms with Gasteiger partial charge < -0.3 is 16.4 Å². The zero-order chi connectivity index (χ0) is 25.9. The van der Waals surface area contributed by atoms with Crippen molar-refractivity contribution < 1.29 is 13.2 Å². The molecule has 0 radical (unpaired) electrons. The van der Waals surface area contributed by atoms with Gasteiger partial charge in [0.2, 0.25) is 0 Å². The number of hydrogen-bond donors (Lipinski definition) is 3.